The van der Waals surface area contributed by atoms with Crippen LogP contribution in [0.15, 0.2) is 54.6 Å². The highest BCUT2D eigenvalue weighted by Crippen LogP contribution is 2.26. The Hall–Kier alpha value is -2.65. The Kier molecular flexibility index (Phi) is 10.2. The molecule has 2 aromatic carbocycles. The van der Waals surface area contributed by atoms with E-state index >= 15 is 0 Å². The number of nitrogens with zero attached hydrogens (tertiary/aromatic N) is 4. The zero-order valence-corrected chi connectivity index (χ0v) is 24.1. The lowest BCUT2D eigenvalue weighted by atomic mass is 9.96. The molecule has 9 heteroatoms. The predicted octanol–water partition coefficient (Wildman–Crippen LogP) is 3.39. The molecule has 8 nitrogen and oxygen atoms in total. The van der Waals surface area contributed by atoms with E-state index in [0.29, 0.717) is 49.6 Å². The average Bonchev–Trinajstić information content (AvgIpc) is 2.93. The fraction of sp³-hybridized carbons (Fsp3) is 0.533. The first-order chi connectivity index (χ1) is 18.7. The van der Waals surface area contributed by atoms with Gasteiger partial charge in [-0.25, -0.2) is 0 Å². The van der Waals surface area contributed by atoms with Crippen molar-refractivity contribution in [2.45, 2.75) is 38.5 Å². The number of ether oxygens (including phenoxy) is 2. The molecule has 2 aliphatic heterocycles. The van der Waals surface area contributed by atoms with Crippen LogP contribution in [-0.2, 0) is 20.9 Å². The van der Waals surface area contributed by atoms with Crippen molar-refractivity contribution in [1.29, 1.82) is 0 Å². The third kappa shape index (κ3) is 8.42. The number of benzene rings is 2. The van der Waals surface area contributed by atoms with Crippen molar-refractivity contribution in [3.05, 3.63) is 65.2 Å². The van der Waals surface area contributed by atoms with Gasteiger partial charge in [-0.2, -0.15) is 0 Å². The summed E-state index contributed by atoms with van der Waals surface area (Å²) in [6.07, 6.45) is 0.112. The molecule has 0 saturated carbocycles. The Balaban J connectivity index is 1.42. The molecule has 0 radical (unpaired) electrons. The first-order valence-corrected chi connectivity index (χ1v) is 14.2. The molecule has 0 aliphatic carbocycles. The number of rotatable bonds is 10. The van der Waals surface area contributed by atoms with Crippen molar-refractivity contribution in [1.82, 2.24) is 19.6 Å². The minimum atomic E-state index is -0.952. The molecular formula is C30H41ClN4O4. The molecule has 2 saturated heterocycles. The molecule has 4 rings (SSSR count). The average molecular weight is 557 g/mol. The van der Waals surface area contributed by atoms with E-state index in [2.05, 4.69) is 23.6 Å². The van der Waals surface area contributed by atoms with Gasteiger partial charge in [0.25, 0.3) is 0 Å². The maximum atomic E-state index is 13.4. The summed E-state index contributed by atoms with van der Waals surface area (Å²) in [5.41, 5.74) is 0.102. The van der Waals surface area contributed by atoms with E-state index in [1.54, 1.807) is 36.2 Å². The monoisotopic (exact) mass is 556 g/mol. The van der Waals surface area contributed by atoms with Gasteiger partial charge in [0.15, 0.2) is 0 Å². The maximum absolute atomic E-state index is 13.4. The van der Waals surface area contributed by atoms with E-state index in [4.69, 9.17) is 21.1 Å². The molecule has 0 bridgehead atoms. The third-order valence-corrected chi connectivity index (χ3v) is 7.83. The van der Waals surface area contributed by atoms with E-state index in [-0.39, 0.29) is 24.8 Å². The first kappa shape index (κ1) is 29.3. The summed E-state index contributed by atoms with van der Waals surface area (Å²) in [5.74, 6) is 0.647. The van der Waals surface area contributed by atoms with Crippen LogP contribution in [0.5, 0.6) is 5.75 Å². The fourth-order valence-corrected chi connectivity index (χ4v) is 5.26. The van der Waals surface area contributed by atoms with Crippen LogP contribution < -0.4 is 4.74 Å². The second-order valence-corrected chi connectivity index (χ2v) is 11.3. The maximum Gasteiger partial charge on any atom is 0.236 e. The Morgan fingerprint density at radius 1 is 1.03 bits per heavy atom. The van der Waals surface area contributed by atoms with E-state index in [9.17, 15) is 9.59 Å². The van der Waals surface area contributed by atoms with Crippen LogP contribution in [0.25, 0.3) is 0 Å². The van der Waals surface area contributed by atoms with Gasteiger partial charge in [-0.3, -0.25) is 19.4 Å². The zero-order chi connectivity index (χ0) is 27.8. The third-order valence-electron chi connectivity index (χ3n) is 7.57. The number of hydrogen-bond donors (Lipinski definition) is 0. The highest BCUT2D eigenvalue weighted by molar-refractivity contribution is 6.30. The Morgan fingerprint density at radius 3 is 2.38 bits per heavy atom. The van der Waals surface area contributed by atoms with Crippen molar-refractivity contribution < 1.29 is 19.1 Å². The Labute approximate surface area is 237 Å². The lowest BCUT2D eigenvalue weighted by molar-refractivity contribution is -0.166. The highest BCUT2D eigenvalue weighted by atomic mass is 35.5. The van der Waals surface area contributed by atoms with Gasteiger partial charge in [0.2, 0.25) is 11.8 Å². The van der Waals surface area contributed by atoms with Crippen LogP contribution in [0.3, 0.4) is 0 Å². The molecule has 1 unspecified atom stereocenters. The van der Waals surface area contributed by atoms with Crippen LogP contribution in [0.4, 0.5) is 0 Å². The standard InChI is InChI=1S/C30H41ClN4O4/c1-24(2)34-15-13-33(14-16-34)21-29(37)35-17-18-39-30(22-35,23-38-27-11-9-26(31)10-12-27)19-28(36)32(3)20-25-7-5-4-6-8-25/h4-12,24H,13-23H2,1-3H3. The van der Waals surface area contributed by atoms with Gasteiger partial charge in [0, 0.05) is 57.4 Å². The molecular weight excluding hydrogens is 516 g/mol. The normalized spacial score (nSPS) is 20.7. The molecule has 2 aliphatic rings. The van der Waals surface area contributed by atoms with Crippen molar-refractivity contribution >= 4 is 23.4 Å². The second-order valence-electron chi connectivity index (χ2n) is 10.9. The summed E-state index contributed by atoms with van der Waals surface area (Å²) in [6, 6.07) is 17.5. The highest BCUT2D eigenvalue weighted by Gasteiger charge is 2.42. The van der Waals surface area contributed by atoms with Crippen LogP contribution in [0.1, 0.15) is 25.8 Å². The quantitative estimate of drug-likeness (QED) is 0.447. The minimum absolute atomic E-state index is 0.0577. The summed E-state index contributed by atoms with van der Waals surface area (Å²) in [4.78, 5) is 35.0. The molecule has 0 aromatic heterocycles. The molecule has 2 heterocycles. The van der Waals surface area contributed by atoms with Crippen LogP contribution >= 0.6 is 11.6 Å². The van der Waals surface area contributed by atoms with Gasteiger partial charge in [0.05, 0.1) is 26.1 Å². The molecule has 2 amide bonds. The van der Waals surface area contributed by atoms with Crippen molar-refractivity contribution in [3.63, 3.8) is 0 Å². The first-order valence-electron chi connectivity index (χ1n) is 13.8. The van der Waals surface area contributed by atoms with Gasteiger partial charge >= 0.3 is 0 Å². The summed E-state index contributed by atoms with van der Waals surface area (Å²) in [5, 5.41) is 0.620. The second kappa shape index (κ2) is 13.6. The van der Waals surface area contributed by atoms with Crippen molar-refractivity contribution in [2.24, 2.45) is 0 Å². The number of piperazine rings is 1. The minimum Gasteiger partial charge on any atom is -0.490 e. The van der Waals surface area contributed by atoms with Crippen molar-refractivity contribution in [3.8, 4) is 5.75 Å². The van der Waals surface area contributed by atoms with Gasteiger partial charge in [-0.1, -0.05) is 41.9 Å². The van der Waals surface area contributed by atoms with Gasteiger partial charge in [0.1, 0.15) is 18.0 Å². The van der Waals surface area contributed by atoms with E-state index in [0.717, 1.165) is 31.7 Å². The lowest BCUT2D eigenvalue weighted by Gasteiger charge is -2.43. The molecule has 0 spiro atoms. The van der Waals surface area contributed by atoms with Gasteiger partial charge in [-0.05, 0) is 43.7 Å². The largest absolute Gasteiger partial charge is 0.490 e. The topological polar surface area (TPSA) is 65.6 Å². The van der Waals surface area contributed by atoms with E-state index in [1.165, 1.54) is 0 Å². The SMILES string of the molecule is CC(C)N1CCN(CC(=O)N2CCOC(COc3ccc(Cl)cc3)(CC(=O)N(C)Cc3ccccc3)C2)CC1. The number of hydrogen-bond acceptors (Lipinski definition) is 6. The summed E-state index contributed by atoms with van der Waals surface area (Å²) in [7, 11) is 1.80. The smallest absolute Gasteiger partial charge is 0.236 e. The lowest BCUT2D eigenvalue weighted by Crippen LogP contribution is -2.60. The van der Waals surface area contributed by atoms with Gasteiger partial charge in [-0.15, -0.1) is 0 Å². The number of carbonyl (C=O) groups excluding carboxylic acids is 2. The van der Waals surface area contributed by atoms with Gasteiger partial charge < -0.3 is 19.3 Å². The number of halogens is 1. The Morgan fingerprint density at radius 2 is 1.72 bits per heavy atom. The molecule has 0 N–H and O–H groups in total. The summed E-state index contributed by atoms with van der Waals surface area (Å²) >= 11 is 6.03. The molecule has 1 atom stereocenters. The number of amides is 2. The Bertz CT molecular complexity index is 1080. The number of carbonyl (C=O) groups is 2. The predicted molar refractivity (Wildman–Crippen MR) is 153 cm³/mol. The van der Waals surface area contributed by atoms with E-state index in [1.807, 2.05) is 35.2 Å². The van der Waals surface area contributed by atoms with E-state index < -0.39 is 5.60 Å². The number of morpholine rings is 1. The van der Waals surface area contributed by atoms with Crippen LogP contribution in [0.2, 0.25) is 5.02 Å². The van der Waals surface area contributed by atoms with Crippen LogP contribution in [-0.4, -0.2) is 109 Å². The molecule has 2 aromatic rings. The molecule has 212 valence electrons. The fourth-order valence-electron chi connectivity index (χ4n) is 5.13. The zero-order valence-electron chi connectivity index (χ0n) is 23.4. The molecule has 39 heavy (non-hydrogen) atoms. The molecule has 2 fully saturated rings. The van der Waals surface area contributed by atoms with Crippen molar-refractivity contribution in [2.75, 3.05) is 66.1 Å². The van der Waals surface area contributed by atoms with Crippen LogP contribution in [0, 0.1) is 0 Å². The summed E-state index contributed by atoms with van der Waals surface area (Å²) in [6.45, 7) is 10.3. The summed E-state index contributed by atoms with van der Waals surface area (Å²) < 4.78 is 12.4.